The molecular weight excluding hydrogens is 308 g/mol. The van der Waals surface area contributed by atoms with E-state index in [0.29, 0.717) is 6.04 Å². The molecule has 3 heteroatoms. The molecular formula is C22H41N2O+. The first-order valence-electron chi connectivity index (χ1n) is 11.0. The second-order valence-electron chi connectivity index (χ2n) is 8.32. The summed E-state index contributed by atoms with van der Waals surface area (Å²) in [5.74, 6) is 0.278. The van der Waals surface area contributed by atoms with Crippen LogP contribution in [0.25, 0.3) is 0 Å². The zero-order valence-corrected chi connectivity index (χ0v) is 17.0. The van der Waals surface area contributed by atoms with Gasteiger partial charge in [-0.1, -0.05) is 58.3 Å². The maximum absolute atomic E-state index is 12.6. The van der Waals surface area contributed by atoms with Crippen molar-refractivity contribution in [1.82, 2.24) is 4.90 Å². The molecule has 144 valence electrons. The monoisotopic (exact) mass is 349 g/mol. The standard InChI is InChI=1S/C22H40N2O/c1-4-5-17-24-21(18(2)19(3)22(24)25)23-20-15-13-11-9-7-6-8-10-12-14-16-20/h20-21,23H,4-17H2,1-3H3/p+1/t21-/m1/s1. The Balaban J connectivity index is 1.97. The number of nitrogens with zero attached hydrogens (tertiary/aromatic N) is 1. The largest absolute Gasteiger partial charge is 0.320 e. The van der Waals surface area contributed by atoms with Crippen LogP contribution in [0.1, 0.15) is 104 Å². The van der Waals surface area contributed by atoms with Gasteiger partial charge in [0.25, 0.3) is 5.91 Å². The molecule has 1 fully saturated rings. The number of rotatable bonds is 5. The Labute approximate surface area is 155 Å². The minimum absolute atomic E-state index is 0.261. The van der Waals surface area contributed by atoms with Crippen molar-refractivity contribution in [3.63, 3.8) is 0 Å². The van der Waals surface area contributed by atoms with Crippen LogP contribution in [0.4, 0.5) is 0 Å². The molecule has 2 rings (SSSR count). The Morgan fingerprint density at radius 2 is 1.44 bits per heavy atom. The maximum atomic E-state index is 12.6. The van der Waals surface area contributed by atoms with Crippen molar-refractivity contribution in [2.24, 2.45) is 0 Å². The third-order valence-corrected chi connectivity index (χ3v) is 6.31. The summed E-state index contributed by atoms with van der Waals surface area (Å²) in [4.78, 5) is 14.8. The van der Waals surface area contributed by atoms with E-state index in [1.807, 2.05) is 6.92 Å². The molecule has 0 aromatic heterocycles. The van der Waals surface area contributed by atoms with Crippen molar-refractivity contribution in [2.75, 3.05) is 6.54 Å². The highest BCUT2D eigenvalue weighted by atomic mass is 16.2. The average Bonchev–Trinajstić information content (AvgIpc) is 2.79. The normalized spacial score (nSPS) is 25.2. The number of carbonyl (C=O) groups excluding carboxylic acids is 1. The van der Waals surface area contributed by atoms with Crippen LogP contribution in [0.2, 0.25) is 0 Å². The van der Waals surface area contributed by atoms with Gasteiger partial charge >= 0.3 is 0 Å². The molecule has 0 bridgehead atoms. The van der Waals surface area contributed by atoms with Gasteiger partial charge in [0.2, 0.25) is 0 Å². The van der Waals surface area contributed by atoms with E-state index >= 15 is 0 Å². The number of hydrogen-bond donors (Lipinski definition) is 1. The summed E-state index contributed by atoms with van der Waals surface area (Å²) >= 11 is 0. The minimum atomic E-state index is 0.261. The van der Waals surface area contributed by atoms with E-state index in [-0.39, 0.29) is 12.1 Å². The van der Waals surface area contributed by atoms with Gasteiger partial charge in [-0.15, -0.1) is 0 Å². The summed E-state index contributed by atoms with van der Waals surface area (Å²) in [5.41, 5.74) is 2.29. The third-order valence-electron chi connectivity index (χ3n) is 6.31. The Bertz CT molecular complexity index is 431. The summed E-state index contributed by atoms with van der Waals surface area (Å²) in [6.45, 7) is 7.32. The lowest BCUT2D eigenvalue weighted by atomic mass is 9.97. The van der Waals surface area contributed by atoms with Crippen LogP contribution in [0.5, 0.6) is 0 Å². The van der Waals surface area contributed by atoms with Crippen LogP contribution < -0.4 is 5.32 Å². The number of quaternary nitrogens is 1. The first kappa shape index (κ1) is 20.5. The SMILES string of the molecule is CCCCN1C(=O)C(C)=C(C)[C@@H]1[NH2+]C1CCCCCCCCCCC1. The van der Waals surface area contributed by atoms with Crippen LogP contribution in [0.15, 0.2) is 11.1 Å². The summed E-state index contributed by atoms with van der Waals surface area (Å²) in [6, 6.07) is 0.683. The lowest BCUT2D eigenvalue weighted by Gasteiger charge is -2.28. The molecule has 1 amide bonds. The Kier molecular flexibility index (Phi) is 9.02. The predicted molar refractivity (Wildman–Crippen MR) is 105 cm³/mol. The number of amides is 1. The van der Waals surface area contributed by atoms with Gasteiger partial charge in [-0.3, -0.25) is 9.69 Å². The molecule has 0 aromatic rings. The molecule has 1 heterocycles. The van der Waals surface area contributed by atoms with Crippen molar-refractivity contribution in [2.45, 2.75) is 116 Å². The zero-order chi connectivity index (χ0) is 18.1. The molecule has 0 spiro atoms. The van der Waals surface area contributed by atoms with Crippen molar-refractivity contribution in [1.29, 1.82) is 0 Å². The van der Waals surface area contributed by atoms with Crippen LogP contribution in [0.3, 0.4) is 0 Å². The lowest BCUT2D eigenvalue weighted by molar-refractivity contribution is -0.729. The molecule has 3 nitrogen and oxygen atoms in total. The van der Waals surface area contributed by atoms with Crippen molar-refractivity contribution >= 4 is 5.91 Å². The maximum Gasteiger partial charge on any atom is 0.254 e. The van der Waals surface area contributed by atoms with Crippen LogP contribution in [0, 0.1) is 0 Å². The van der Waals surface area contributed by atoms with Gasteiger partial charge in [0.15, 0.2) is 6.17 Å². The molecule has 1 aliphatic carbocycles. The lowest BCUT2D eigenvalue weighted by Crippen LogP contribution is -2.97. The highest BCUT2D eigenvalue weighted by molar-refractivity contribution is 5.96. The van der Waals surface area contributed by atoms with Crippen LogP contribution >= 0.6 is 0 Å². The van der Waals surface area contributed by atoms with E-state index in [1.54, 1.807) is 0 Å². The molecule has 0 aromatic carbocycles. The molecule has 1 atom stereocenters. The van der Waals surface area contributed by atoms with Crippen LogP contribution in [-0.2, 0) is 4.79 Å². The van der Waals surface area contributed by atoms with Gasteiger partial charge in [0.05, 0.1) is 6.04 Å². The highest BCUT2D eigenvalue weighted by Crippen LogP contribution is 2.23. The Morgan fingerprint density at radius 1 is 0.920 bits per heavy atom. The fraction of sp³-hybridized carbons (Fsp3) is 0.864. The van der Waals surface area contributed by atoms with E-state index in [0.717, 1.165) is 25.0 Å². The fourth-order valence-corrected chi connectivity index (χ4v) is 4.43. The van der Waals surface area contributed by atoms with E-state index in [1.165, 1.54) is 76.2 Å². The smallest absolute Gasteiger partial charge is 0.254 e. The van der Waals surface area contributed by atoms with Crippen molar-refractivity contribution in [3.05, 3.63) is 11.1 Å². The highest BCUT2D eigenvalue weighted by Gasteiger charge is 2.38. The van der Waals surface area contributed by atoms with E-state index in [4.69, 9.17) is 0 Å². The van der Waals surface area contributed by atoms with Gasteiger partial charge in [0, 0.05) is 17.7 Å². The third kappa shape index (κ3) is 6.13. The minimum Gasteiger partial charge on any atom is -0.320 e. The summed E-state index contributed by atoms with van der Waals surface area (Å²) in [7, 11) is 0. The van der Waals surface area contributed by atoms with Crippen LogP contribution in [-0.4, -0.2) is 29.6 Å². The number of unbranched alkanes of at least 4 members (excludes halogenated alkanes) is 1. The van der Waals surface area contributed by atoms with Gasteiger partial charge in [0.1, 0.15) is 0 Å². The molecule has 0 saturated heterocycles. The molecule has 2 N–H and O–H groups in total. The van der Waals surface area contributed by atoms with Gasteiger partial charge < -0.3 is 5.32 Å². The van der Waals surface area contributed by atoms with E-state index in [9.17, 15) is 4.79 Å². The first-order valence-corrected chi connectivity index (χ1v) is 11.0. The van der Waals surface area contributed by atoms with Gasteiger partial charge in [-0.05, 0) is 46.0 Å². The molecule has 0 unspecified atom stereocenters. The molecule has 0 radical (unpaired) electrons. The number of hydrogen-bond acceptors (Lipinski definition) is 1. The summed E-state index contributed by atoms with van der Waals surface area (Å²) in [5, 5.41) is 2.55. The Morgan fingerprint density at radius 3 is 1.96 bits per heavy atom. The summed E-state index contributed by atoms with van der Waals surface area (Å²) in [6.07, 6.45) is 17.8. The average molecular weight is 350 g/mol. The molecule has 1 aliphatic heterocycles. The zero-order valence-electron chi connectivity index (χ0n) is 17.0. The first-order chi connectivity index (χ1) is 12.1. The second kappa shape index (κ2) is 11.0. The van der Waals surface area contributed by atoms with Gasteiger partial charge in [-0.2, -0.15) is 0 Å². The molecule has 1 saturated carbocycles. The molecule has 2 aliphatic rings. The van der Waals surface area contributed by atoms with Gasteiger partial charge in [-0.25, -0.2) is 0 Å². The van der Waals surface area contributed by atoms with E-state index < -0.39 is 0 Å². The van der Waals surface area contributed by atoms with Crippen molar-refractivity contribution in [3.8, 4) is 0 Å². The fourth-order valence-electron chi connectivity index (χ4n) is 4.43. The summed E-state index contributed by atoms with van der Waals surface area (Å²) < 4.78 is 0. The topological polar surface area (TPSA) is 36.9 Å². The predicted octanol–water partition coefficient (Wildman–Crippen LogP) is 4.53. The molecule has 25 heavy (non-hydrogen) atoms. The van der Waals surface area contributed by atoms with Crippen molar-refractivity contribution < 1.29 is 10.1 Å². The Hall–Kier alpha value is -0.830. The number of carbonyl (C=O) groups is 1. The number of nitrogens with two attached hydrogens (primary N) is 1. The quantitative estimate of drug-likeness (QED) is 0.778. The van der Waals surface area contributed by atoms with E-state index in [2.05, 4.69) is 24.1 Å². The second-order valence-corrected chi connectivity index (χ2v) is 8.32.